The van der Waals surface area contributed by atoms with Crippen molar-refractivity contribution in [3.8, 4) is 5.75 Å². The Balaban J connectivity index is 2.13. The maximum Gasteiger partial charge on any atom is 0.252 e. The van der Waals surface area contributed by atoms with Gasteiger partial charge in [0.15, 0.2) is 0 Å². The molecule has 0 aliphatic heterocycles. The van der Waals surface area contributed by atoms with E-state index in [4.69, 9.17) is 4.74 Å². The van der Waals surface area contributed by atoms with Crippen molar-refractivity contribution in [1.29, 1.82) is 0 Å². The zero-order valence-corrected chi connectivity index (χ0v) is 12.1. The third kappa shape index (κ3) is 3.31. The van der Waals surface area contributed by atoms with Gasteiger partial charge in [0.05, 0.1) is 13.2 Å². The van der Waals surface area contributed by atoms with Gasteiger partial charge in [-0.3, -0.25) is 9.89 Å². The molecule has 0 aliphatic carbocycles. The number of amides is 1. The highest BCUT2D eigenvalue weighted by molar-refractivity contribution is 9.10. The van der Waals surface area contributed by atoms with Crippen LogP contribution in [0.4, 0.5) is 0 Å². The summed E-state index contributed by atoms with van der Waals surface area (Å²) in [6.07, 6.45) is 1.40. The molecule has 1 amide bonds. The topological polar surface area (TPSA) is 79.9 Å². The number of hydrogen-bond acceptors (Lipinski definition) is 4. The quantitative estimate of drug-likeness (QED) is 0.902. The number of hydrogen-bond donors (Lipinski definition) is 2. The van der Waals surface area contributed by atoms with Crippen molar-refractivity contribution < 1.29 is 9.53 Å². The molecular weight excluding hydrogens is 312 g/mol. The minimum Gasteiger partial charge on any atom is -0.497 e. The van der Waals surface area contributed by atoms with Crippen LogP contribution in [-0.4, -0.2) is 28.2 Å². The summed E-state index contributed by atoms with van der Waals surface area (Å²) < 4.78 is 5.91. The number of aromatic amines is 1. The van der Waals surface area contributed by atoms with Crippen LogP contribution in [0.2, 0.25) is 0 Å². The Morgan fingerprint density at radius 1 is 1.47 bits per heavy atom. The fourth-order valence-corrected chi connectivity index (χ4v) is 2.06. The lowest BCUT2D eigenvalue weighted by Gasteiger charge is -2.12. The minimum absolute atomic E-state index is 0.205. The van der Waals surface area contributed by atoms with Crippen molar-refractivity contribution in [3.05, 3.63) is 40.4 Å². The lowest BCUT2D eigenvalue weighted by Crippen LogP contribution is -2.27. The third-order valence-corrected chi connectivity index (χ3v) is 3.02. The number of H-pyrrole nitrogens is 1. The molecule has 1 unspecified atom stereocenters. The largest absolute Gasteiger partial charge is 0.497 e. The summed E-state index contributed by atoms with van der Waals surface area (Å²) in [6.45, 7) is 1.83. The van der Waals surface area contributed by atoms with Gasteiger partial charge >= 0.3 is 0 Å². The van der Waals surface area contributed by atoms with Gasteiger partial charge < -0.3 is 10.1 Å². The fraction of sp³-hybridized carbons (Fsp3) is 0.250. The molecule has 100 valence electrons. The molecule has 1 heterocycles. The summed E-state index contributed by atoms with van der Waals surface area (Å²) in [5.41, 5.74) is 0.512. The highest BCUT2D eigenvalue weighted by atomic mass is 79.9. The van der Waals surface area contributed by atoms with Crippen LogP contribution in [0.5, 0.6) is 5.75 Å². The van der Waals surface area contributed by atoms with E-state index in [2.05, 4.69) is 36.4 Å². The van der Waals surface area contributed by atoms with Crippen LogP contribution in [0.25, 0.3) is 0 Å². The summed E-state index contributed by atoms with van der Waals surface area (Å²) in [5.74, 6) is 1.02. The molecular formula is C12H13BrN4O2. The zero-order valence-electron chi connectivity index (χ0n) is 10.5. The second-order valence-electron chi connectivity index (χ2n) is 3.95. The number of carbonyl (C=O) groups excluding carboxylic acids is 1. The van der Waals surface area contributed by atoms with E-state index in [0.717, 1.165) is 4.47 Å². The highest BCUT2D eigenvalue weighted by Crippen LogP contribution is 2.21. The summed E-state index contributed by atoms with van der Waals surface area (Å²) in [6, 6.07) is 4.94. The smallest absolute Gasteiger partial charge is 0.252 e. The molecule has 6 nitrogen and oxygen atoms in total. The van der Waals surface area contributed by atoms with Gasteiger partial charge in [0, 0.05) is 10.0 Å². The van der Waals surface area contributed by atoms with E-state index >= 15 is 0 Å². The number of nitrogens with zero attached hydrogens (tertiary/aromatic N) is 2. The predicted molar refractivity (Wildman–Crippen MR) is 73.0 cm³/mol. The monoisotopic (exact) mass is 324 g/mol. The molecule has 1 aromatic carbocycles. The van der Waals surface area contributed by atoms with E-state index in [0.29, 0.717) is 17.1 Å². The molecule has 2 aromatic rings. The zero-order chi connectivity index (χ0) is 13.8. The van der Waals surface area contributed by atoms with E-state index in [1.165, 1.54) is 6.33 Å². The second-order valence-corrected chi connectivity index (χ2v) is 4.86. The van der Waals surface area contributed by atoms with E-state index in [9.17, 15) is 4.79 Å². The van der Waals surface area contributed by atoms with E-state index in [-0.39, 0.29) is 11.9 Å². The van der Waals surface area contributed by atoms with Crippen molar-refractivity contribution in [2.75, 3.05) is 7.11 Å². The molecule has 7 heteroatoms. The molecule has 1 aromatic heterocycles. The van der Waals surface area contributed by atoms with Gasteiger partial charge in [-0.05, 0) is 25.1 Å². The van der Waals surface area contributed by atoms with Crippen LogP contribution in [0, 0.1) is 0 Å². The Morgan fingerprint density at radius 3 is 2.89 bits per heavy atom. The van der Waals surface area contributed by atoms with Gasteiger partial charge in [-0.25, -0.2) is 4.98 Å². The Morgan fingerprint density at radius 2 is 2.26 bits per heavy atom. The molecule has 19 heavy (non-hydrogen) atoms. The first-order valence-corrected chi connectivity index (χ1v) is 6.40. The lowest BCUT2D eigenvalue weighted by molar-refractivity contribution is 0.0938. The summed E-state index contributed by atoms with van der Waals surface area (Å²) >= 11 is 3.34. The molecule has 0 spiro atoms. The fourth-order valence-electron chi connectivity index (χ4n) is 1.58. The Labute approximate surface area is 118 Å². The summed E-state index contributed by atoms with van der Waals surface area (Å²) in [5, 5.41) is 9.30. The van der Waals surface area contributed by atoms with Gasteiger partial charge in [0.1, 0.15) is 17.9 Å². The first kappa shape index (κ1) is 13.5. The first-order chi connectivity index (χ1) is 9.10. The average Bonchev–Trinajstić information content (AvgIpc) is 2.91. The maximum atomic E-state index is 12.1. The van der Waals surface area contributed by atoms with Crippen molar-refractivity contribution >= 4 is 21.8 Å². The van der Waals surface area contributed by atoms with E-state index in [1.807, 2.05) is 6.92 Å². The van der Waals surface area contributed by atoms with Gasteiger partial charge in [-0.1, -0.05) is 15.9 Å². The van der Waals surface area contributed by atoms with Crippen LogP contribution >= 0.6 is 15.9 Å². The maximum absolute atomic E-state index is 12.1. The van der Waals surface area contributed by atoms with Crippen molar-refractivity contribution in [2.45, 2.75) is 13.0 Å². The normalized spacial score (nSPS) is 11.9. The van der Waals surface area contributed by atoms with Crippen molar-refractivity contribution in [1.82, 2.24) is 20.5 Å². The lowest BCUT2D eigenvalue weighted by atomic mass is 10.2. The van der Waals surface area contributed by atoms with Gasteiger partial charge in [0.25, 0.3) is 5.91 Å². The Hall–Kier alpha value is -1.89. The molecule has 1 atom stereocenters. The van der Waals surface area contributed by atoms with Crippen LogP contribution in [0.3, 0.4) is 0 Å². The molecule has 2 rings (SSSR count). The van der Waals surface area contributed by atoms with Crippen LogP contribution in [0.15, 0.2) is 29.0 Å². The molecule has 0 fully saturated rings. The summed E-state index contributed by atoms with van der Waals surface area (Å²) in [7, 11) is 1.56. The molecule has 0 radical (unpaired) electrons. The number of methoxy groups -OCH3 is 1. The third-order valence-electron chi connectivity index (χ3n) is 2.56. The molecule has 0 saturated carbocycles. The van der Waals surface area contributed by atoms with Crippen LogP contribution in [0.1, 0.15) is 29.1 Å². The Bertz CT molecular complexity index is 571. The molecule has 0 bridgehead atoms. The van der Waals surface area contributed by atoms with Gasteiger partial charge in [-0.2, -0.15) is 5.10 Å². The number of benzene rings is 1. The van der Waals surface area contributed by atoms with E-state index < -0.39 is 0 Å². The second kappa shape index (κ2) is 5.83. The number of halogens is 1. The number of carbonyl (C=O) groups is 1. The SMILES string of the molecule is COc1cc(Br)cc(C(=O)NC(C)c2ncn[nH]2)c1. The van der Waals surface area contributed by atoms with Crippen LogP contribution in [-0.2, 0) is 0 Å². The number of rotatable bonds is 4. The van der Waals surface area contributed by atoms with Crippen molar-refractivity contribution in [3.63, 3.8) is 0 Å². The molecule has 0 saturated heterocycles. The number of ether oxygens (including phenoxy) is 1. The number of nitrogens with one attached hydrogen (secondary N) is 2. The molecule has 0 aliphatic rings. The Kier molecular flexibility index (Phi) is 4.16. The van der Waals surface area contributed by atoms with Crippen LogP contribution < -0.4 is 10.1 Å². The standard InChI is InChI=1S/C12H13BrN4O2/c1-7(11-14-6-15-17-11)16-12(18)8-3-9(13)5-10(4-8)19-2/h3-7H,1-2H3,(H,16,18)(H,14,15,17). The van der Waals surface area contributed by atoms with Gasteiger partial charge in [-0.15, -0.1) is 0 Å². The number of aromatic nitrogens is 3. The molecule has 2 N–H and O–H groups in total. The minimum atomic E-state index is -0.250. The first-order valence-electron chi connectivity index (χ1n) is 5.61. The van der Waals surface area contributed by atoms with Crippen molar-refractivity contribution in [2.24, 2.45) is 0 Å². The predicted octanol–water partition coefficient (Wildman–Crippen LogP) is 2.07. The average molecular weight is 325 g/mol. The van der Waals surface area contributed by atoms with Gasteiger partial charge in [0.2, 0.25) is 0 Å². The summed E-state index contributed by atoms with van der Waals surface area (Å²) in [4.78, 5) is 16.1. The highest BCUT2D eigenvalue weighted by Gasteiger charge is 2.14. The van der Waals surface area contributed by atoms with E-state index in [1.54, 1.807) is 25.3 Å².